The zero-order chi connectivity index (χ0) is 18.2. The van der Waals surface area contributed by atoms with Gasteiger partial charge >= 0.3 is 0 Å². The summed E-state index contributed by atoms with van der Waals surface area (Å²) >= 11 is 0. The number of nitrogens with zero attached hydrogens (tertiary/aromatic N) is 3. The highest BCUT2D eigenvalue weighted by Crippen LogP contribution is 2.51. The number of piperidine rings is 1. The summed E-state index contributed by atoms with van der Waals surface area (Å²) in [5.41, 5.74) is 1.20. The summed E-state index contributed by atoms with van der Waals surface area (Å²) in [7, 11) is 0. The molecule has 2 amide bonds. The van der Waals surface area contributed by atoms with Crippen molar-refractivity contribution in [2.24, 2.45) is 17.3 Å². The second-order valence-corrected chi connectivity index (χ2v) is 8.64. The third-order valence-corrected chi connectivity index (χ3v) is 5.63. The number of aromatic nitrogens is 2. The number of rotatable bonds is 4. The average Bonchev–Trinajstić information content (AvgIpc) is 3.27. The van der Waals surface area contributed by atoms with Crippen LogP contribution in [0.4, 0.5) is 0 Å². The van der Waals surface area contributed by atoms with Gasteiger partial charge in [0.1, 0.15) is 6.54 Å². The van der Waals surface area contributed by atoms with Crippen LogP contribution in [-0.4, -0.2) is 45.4 Å². The number of carbonyl (C=O) groups is 2. The Morgan fingerprint density at radius 1 is 1.28 bits per heavy atom. The van der Waals surface area contributed by atoms with E-state index in [2.05, 4.69) is 31.1 Å². The maximum Gasteiger partial charge on any atom is 0.240 e. The summed E-state index contributed by atoms with van der Waals surface area (Å²) in [4.78, 5) is 30.8. The van der Waals surface area contributed by atoms with Gasteiger partial charge in [0.05, 0.1) is 6.33 Å². The molecule has 2 atom stereocenters. The van der Waals surface area contributed by atoms with Crippen molar-refractivity contribution < 1.29 is 9.59 Å². The van der Waals surface area contributed by atoms with Crippen molar-refractivity contribution in [1.82, 2.24) is 19.8 Å². The molecule has 3 rings (SSSR count). The van der Waals surface area contributed by atoms with E-state index >= 15 is 0 Å². The lowest BCUT2D eigenvalue weighted by Crippen LogP contribution is -2.47. The molecule has 1 saturated heterocycles. The monoisotopic (exact) mass is 346 g/mol. The molecule has 6 nitrogen and oxygen atoms in total. The first-order valence-electron chi connectivity index (χ1n) is 9.30. The van der Waals surface area contributed by atoms with Crippen molar-refractivity contribution in [3.63, 3.8) is 0 Å². The summed E-state index contributed by atoms with van der Waals surface area (Å²) in [5.74, 6) is 1.07. The van der Waals surface area contributed by atoms with Gasteiger partial charge in [-0.1, -0.05) is 20.8 Å². The molecule has 25 heavy (non-hydrogen) atoms. The fourth-order valence-corrected chi connectivity index (χ4v) is 3.88. The van der Waals surface area contributed by atoms with Crippen LogP contribution < -0.4 is 5.32 Å². The number of aryl methyl sites for hydroxylation is 1. The molecule has 0 unspecified atom stereocenters. The second kappa shape index (κ2) is 6.81. The van der Waals surface area contributed by atoms with Crippen LogP contribution in [0.15, 0.2) is 12.5 Å². The molecule has 0 aromatic carbocycles. The maximum atomic E-state index is 12.6. The Labute approximate surface area is 150 Å². The number of likely N-dealkylation sites (tertiary alicyclic amines) is 1. The van der Waals surface area contributed by atoms with E-state index in [0.29, 0.717) is 18.4 Å². The van der Waals surface area contributed by atoms with Crippen LogP contribution in [0.1, 0.15) is 45.7 Å². The predicted molar refractivity (Wildman–Crippen MR) is 95.8 cm³/mol. The van der Waals surface area contributed by atoms with Crippen molar-refractivity contribution >= 4 is 11.8 Å². The molecule has 1 aromatic heterocycles. The highest BCUT2D eigenvalue weighted by molar-refractivity contribution is 5.82. The van der Waals surface area contributed by atoms with Gasteiger partial charge in [-0.15, -0.1) is 0 Å². The van der Waals surface area contributed by atoms with Gasteiger partial charge in [0, 0.05) is 36.9 Å². The van der Waals surface area contributed by atoms with Crippen molar-refractivity contribution in [3.05, 3.63) is 18.2 Å². The molecular weight excluding hydrogens is 316 g/mol. The first-order valence-corrected chi connectivity index (χ1v) is 9.30. The Hall–Kier alpha value is -1.85. The summed E-state index contributed by atoms with van der Waals surface area (Å²) in [6, 6.07) is 0.165. The first-order chi connectivity index (χ1) is 11.8. The molecule has 0 spiro atoms. The Morgan fingerprint density at radius 2 is 1.96 bits per heavy atom. The predicted octanol–water partition coefficient (Wildman–Crippen LogP) is 1.98. The maximum absolute atomic E-state index is 12.6. The highest BCUT2D eigenvalue weighted by Gasteiger charge is 2.50. The lowest BCUT2D eigenvalue weighted by Gasteiger charge is -2.33. The van der Waals surface area contributed by atoms with Gasteiger partial charge < -0.3 is 14.8 Å². The molecular formula is C19H30N4O2. The normalized spacial score (nSPS) is 24.2. The first kappa shape index (κ1) is 18.0. The van der Waals surface area contributed by atoms with Gasteiger partial charge in [-0.3, -0.25) is 9.59 Å². The largest absolute Gasteiger partial charge is 0.352 e. The molecule has 0 radical (unpaired) electrons. The van der Waals surface area contributed by atoms with Crippen molar-refractivity contribution in [2.75, 3.05) is 13.1 Å². The van der Waals surface area contributed by atoms with Gasteiger partial charge in [-0.05, 0) is 37.5 Å². The summed E-state index contributed by atoms with van der Waals surface area (Å²) < 4.78 is 1.84. The van der Waals surface area contributed by atoms with E-state index in [4.69, 9.17) is 0 Å². The molecule has 6 heteroatoms. The van der Waals surface area contributed by atoms with Crippen LogP contribution >= 0.6 is 0 Å². The molecule has 1 saturated carbocycles. The molecule has 138 valence electrons. The lowest BCUT2D eigenvalue weighted by atomic mass is 9.88. The number of hydrogen-bond donors (Lipinski definition) is 1. The highest BCUT2D eigenvalue weighted by atomic mass is 16.2. The molecule has 2 heterocycles. The van der Waals surface area contributed by atoms with Crippen molar-refractivity contribution in [2.45, 2.75) is 59.5 Å². The van der Waals surface area contributed by atoms with Gasteiger partial charge in [-0.2, -0.15) is 0 Å². The Morgan fingerprint density at radius 3 is 2.48 bits per heavy atom. The zero-order valence-corrected chi connectivity index (χ0v) is 15.8. The average molecular weight is 346 g/mol. The Balaban J connectivity index is 1.42. The van der Waals surface area contributed by atoms with Crippen molar-refractivity contribution in [1.29, 1.82) is 0 Å². The topological polar surface area (TPSA) is 67.2 Å². The molecule has 1 aliphatic heterocycles. The quantitative estimate of drug-likeness (QED) is 0.906. The number of amides is 2. The van der Waals surface area contributed by atoms with Crippen LogP contribution in [0.25, 0.3) is 0 Å². The van der Waals surface area contributed by atoms with Crippen LogP contribution in [-0.2, 0) is 16.1 Å². The fraction of sp³-hybridized carbons (Fsp3) is 0.737. The third kappa shape index (κ3) is 4.22. The van der Waals surface area contributed by atoms with Crippen LogP contribution in [0, 0.1) is 24.2 Å². The minimum atomic E-state index is 0.0147. The number of hydrogen-bond acceptors (Lipinski definition) is 3. The van der Waals surface area contributed by atoms with E-state index < -0.39 is 0 Å². The minimum absolute atomic E-state index is 0.0147. The second-order valence-electron chi connectivity index (χ2n) is 8.64. The summed E-state index contributed by atoms with van der Waals surface area (Å²) in [6.07, 6.45) is 6.14. The minimum Gasteiger partial charge on any atom is -0.352 e. The van der Waals surface area contributed by atoms with Crippen LogP contribution in [0.5, 0.6) is 0 Å². The van der Waals surface area contributed by atoms with Gasteiger partial charge in [0.15, 0.2) is 0 Å². The van der Waals surface area contributed by atoms with E-state index in [-0.39, 0.29) is 23.3 Å². The lowest BCUT2D eigenvalue weighted by molar-refractivity contribution is -0.134. The smallest absolute Gasteiger partial charge is 0.240 e. The number of carbonyl (C=O) groups excluding carboxylic acids is 2. The van der Waals surface area contributed by atoms with E-state index in [1.165, 1.54) is 0 Å². The molecule has 1 aromatic rings. The van der Waals surface area contributed by atoms with Gasteiger partial charge in [0.25, 0.3) is 0 Å². The third-order valence-electron chi connectivity index (χ3n) is 5.63. The Bertz CT molecular complexity index is 638. The van der Waals surface area contributed by atoms with E-state index in [0.717, 1.165) is 38.0 Å². The van der Waals surface area contributed by atoms with Crippen LogP contribution in [0.2, 0.25) is 0 Å². The SMILES string of the molecule is Cc1cncn1CC(=O)NC1CCN(C(=O)[C@@H]2C[C@H]2C(C)(C)C)CC1. The summed E-state index contributed by atoms with van der Waals surface area (Å²) in [5, 5.41) is 3.10. The fourth-order valence-electron chi connectivity index (χ4n) is 3.88. The molecule has 1 aliphatic carbocycles. The van der Waals surface area contributed by atoms with Gasteiger partial charge in [0.2, 0.25) is 11.8 Å². The molecule has 1 N–H and O–H groups in total. The number of imidazole rings is 1. The number of nitrogens with one attached hydrogen (secondary N) is 1. The molecule has 0 bridgehead atoms. The van der Waals surface area contributed by atoms with E-state index in [1.54, 1.807) is 12.5 Å². The van der Waals surface area contributed by atoms with E-state index in [9.17, 15) is 9.59 Å². The van der Waals surface area contributed by atoms with Gasteiger partial charge in [-0.25, -0.2) is 4.98 Å². The standard InChI is InChI=1S/C19H30N4O2/c1-13-10-20-12-23(13)11-17(24)21-14-5-7-22(8-6-14)18(25)15-9-16(15)19(2,3)4/h10,12,14-16H,5-9,11H2,1-4H3,(H,21,24)/t15-,16-/m1/s1. The zero-order valence-electron chi connectivity index (χ0n) is 15.8. The Kier molecular flexibility index (Phi) is 4.89. The van der Waals surface area contributed by atoms with E-state index in [1.807, 2.05) is 16.4 Å². The molecule has 2 fully saturated rings. The summed E-state index contributed by atoms with van der Waals surface area (Å²) in [6.45, 7) is 10.4. The van der Waals surface area contributed by atoms with Crippen LogP contribution in [0.3, 0.4) is 0 Å². The van der Waals surface area contributed by atoms with Crippen molar-refractivity contribution in [3.8, 4) is 0 Å². The molecule has 2 aliphatic rings.